The van der Waals surface area contributed by atoms with Crippen molar-refractivity contribution in [3.63, 3.8) is 0 Å². The fourth-order valence-electron chi connectivity index (χ4n) is 1.65. The summed E-state index contributed by atoms with van der Waals surface area (Å²) < 4.78 is 5.66. The summed E-state index contributed by atoms with van der Waals surface area (Å²) in [5.74, 6) is 1.41. The number of nitrogens with one attached hydrogen (secondary N) is 1. The van der Waals surface area contributed by atoms with Gasteiger partial charge in [0, 0.05) is 17.6 Å². The number of anilines is 1. The van der Waals surface area contributed by atoms with Crippen LogP contribution in [0.3, 0.4) is 0 Å². The summed E-state index contributed by atoms with van der Waals surface area (Å²) in [7, 11) is 0. The fraction of sp³-hybridized carbons (Fsp3) is 0.267. The number of ether oxygens (including phenoxy) is 1. The van der Waals surface area contributed by atoms with Crippen LogP contribution in [0.4, 0.5) is 5.82 Å². The molecule has 20 heavy (non-hydrogen) atoms. The van der Waals surface area contributed by atoms with Gasteiger partial charge in [0.05, 0.1) is 10.7 Å². The Kier molecular flexibility index (Phi) is 5.50. The van der Waals surface area contributed by atoms with E-state index in [9.17, 15) is 0 Å². The predicted molar refractivity (Wildman–Crippen MR) is 83.8 cm³/mol. The summed E-state index contributed by atoms with van der Waals surface area (Å²) in [4.78, 5) is 4.47. The molecule has 0 unspecified atom stereocenters. The molecule has 0 saturated carbocycles. The molecule has 0 saturated heterocycles. The summed E-state index contributed by atoms with van der Waals surface area (Å²) in [5, 5.41) is 4.37. The number of hydrogen-bond acceptors (Lipinski definition) is 3. The second-order valence-electron chi connectivity index (χ2n) is 4.30. The maximum absolute atomic E-state index is 6.05. The number of benzene rings is 1. The summed E-state index contributed by atoms with van der Waals surface area (Å²) >= 11 is 12.0. The van der Waals surface area contributed by atoms with E-state index in [1.54, 1.807) is 18.2 Å². The quantitative estimate of drug-likeness (QED) is 0.833. The highest BCUT2D eigenvalue weighted by atomic mass is 35.5. The summed E-state index contributed by atoms with van der Waals surface area (Å²) in [6.45, 7) is 3.36. The van der Waals surface area contributed by atoms with Crippen LogP contribution in [0.2, 0.25) is 10.0 Å². The number of halogens is 2. The Hall–Kier alpha value is -1.45. The zero-order valence-corrected chi connectivity index (χ0v) is 12.7. The van der Waals surface area contributed by atoms with Crippen molar-refractivity contribution >= 4 is 29.0 Å². The Morgan fingerprint density at radius 3 is 2.85 bits per heavy atom. The average Bonchev–Trinajstić information content (AvgIpc) is 2.46. The summed E-state index contributed by atoms with van der Waals surface area (Å²) in [6, 6.07) is 10.9. The number of hydrogen-bond donors (Lipinski definition) is 1. The van der Waals surface area contributed by atoms with E-state index in [2.05, 4.69) is 17.2 Å². The molecule has 2 aromatic rings. The molecule has 0 radical (unpaired) electrons. The Bertz CT molecular complexity index is 576. The molecule has 1 N–H and O–H groups in total. The lowest BCUT2D eigenvalue weighted by Gasteiger charge is -2.09. The van der Waals surface area contributed by atoms with Gasteiger partial charge in [-0.1, -0.05) is 36.2 Å². The minimum Gasteiger partial charge on any atom is -0.486 e. The van der Waals surface area contributed by atoms with Gasteiger partial charge in [0.1, 0.15) is 18.2 Å². The molecule has 0 fully saturated rings. The van der Waals surface area contributed by atoms with Gasteiger partial charge in [0.2, 0.25) is 0 Å². The first-order chi connectivity index (χ1) is 9.69. The third-order valence-electron chi connectivity index (χ3n) is 2.63. The normalized spacial score (nSPS) is 10.3. The van der Waals surface area contributed by atoms with E-state index in [0.29, 0.717) is 22.4 Å². The molecule has 0 aliphatic carbocycles. The topological polar surface area (TPSA) is 34.1 Å². The molecule has 3 nitrogen and oxygen atoms in total. The van der Waals surface area contributed by atoms with Crippen LogP contribution in [0.5, 0.6) is 5.75 Å². The van der Waals surface area contributed by atoms with E-state index >= 15 is 0 Å². The molecule has 2 rings (SSSR count). The van der Waals surface area contributed by atoms with E-state index in [-0.39, 0.29) is 0 Å². The van der Waals surface area contributed by atoms with Gasteiger partial charge in [-0.15, -0.1) is 0 Å². The van der Waals surface area contributed by atoms with E-state index < -0.39 is 0 Å². The molecule has 106 valence electrons. The minimum atomic E-state index is 0.349. The number of pyridine rings is 1. The van der Waals surface area contributed by atoms with Crippen molar-refractivity contribution in [2.24, 2.45) is 0 Å². The van der Waals surface area contributed by atoms with Gasteiger partial charge in [-0.3, -0.25) is 0 Å². The van der Waals surface area contributed by atoms with Crippen molar-refractivity contribution in [1.29, 1.82) is 0 Å². The van der Waals surface area contributed by atoms with E-state index in [1.807, 2.05) is 18.2 Å². The molecule has 0 aliphatic rings. The van der Waals surface area contributed by atoms with Crippen LogP contribution >= 0.6 is 23.2 Å². The largest absolute Gasteiger partial charge is 0.486 e. The summed E-state index contributed by atoms with van der Waals surface area (Å²) in [5.41, 5.74) is 0.835. The second kappa shape index (κ2) is 7.36. The SMILES string of the molecule is CCCNc1cccc(COc2cc(Cl)ccc2Cl)n1. The molecule has 0 aliphatic heterocycles. The van der Waals surface area contributed by atoms with Crippen LogP contribution in [0, 0.1) is 0 Å². The van der Waals surface area contributed by atoms with Crippen molar-refractivity contribution in [3.8, 4) is 5.75 Å². The van der Waals surface area contributed by atoms with Crippen LogP contribution in [0.25, 0.3) is 0 Å². The Labute approximate surface area is 128 Å². The molecular weight excluding hydrogens is 295 g/mol. The van der Waals surface area contributed by atoms with Crippen molar-refractivity contribution in [2.75, 3.05) is 11.9 Å². The lowest BCUT2D eigenvalue weighted by Crippen LogP contribution is -2.05. The van der Waals surface area contributed by atoms with Gasteiger partial charge >= 0.3 is 0 Å². The predicted octanol–water partition coefficient (Wildman–Crippen LogP) is 4.79. The Morgan fingerprint density at radius 2 is 2.05 bits per heavy atom. The van der Waals surface area contributed by atoms with Crippen LogP contribution in [-0.4, -0.2) is 11.5 Å². The Balaban J connectivity index is 2.01. The molecule has 1 aromatic carbocycles. The molecule has 1 aromatic heterocycles. The van der Waals surface area contributed by atoms with Gasteiger partial charge in [0.25, 0.3) is 0 Å². The minimum absolute atomic E-state index is 0.349. The molecule has 0 atom stereocenters. The van der Waals surface area contributed by atoms with Crippen molar-refractivity contribution in [3.05, 3.63) is 52.1 Å². The van der Waals surface area contributed by atoms with Crippen LogP contribution < -0.4 is 10.1 Å². The average molecular weight is 311 g/mol. The van der Waals surface area contributed by atoms with Gasteiger partial charge in [-0.2, -0.15) is 0 Å². The number of aromatic nitrogens is 1. The van der Waals surface area contributed by atoms with Crippen molar-refractivity contribution in [1.82, 2.24) is 4.98 Å². The van der Waals surface area contributed by atoms with E-state index in [1.165, 1.54) is 0 Å². The van der Waals surface area contributed by atoms with E-state index in [4.69, 9.17) is 27.9 Å². The zero-order chi connectivity index (χ0) is 14.4. The monoisotopic (exact) mass is 310 g/mol. The molecule has 0 amide bonds. The van der Waals surface area contributed by atoms with Crippen LogP contribution in [0.1, 0.15) is 19.0 Å². The van der Waals surface area contributed by atoms with Gasteiger partial charge in [0.15, 0.2) is 0 Å². The lowest BCUT2D eigenvalue weighted by atomic mass is 10.3. The second-order valence-corrected chi connectivity index (χ2v) is 5.15. The zero-order valence-electron chi connectivity index (χ0n) is 11.2. The van der Waals surface area contributed by atoms with Crippen molar-refractivity contribution < 1.29 is 4.74 Å². The molecule has 0 bridgehead atoms. The molecule has 1 heterocycles. The van der Waals surface area contributed by atoms with Crippen LogP contribution in [-0.2, 0) is 6.61 Å². The van der Waals surface area contributed by atoms with Gasteiger partial charge < -0.3 is 10.1 Å². The fourth-order valence-corrected chi connectivity index (χ4v) is 1.99. The number of rotatable bonds is 6. The highest BCUT2D eigenvalue weighted by Crippen LogP contribution is 2.28. The van der Waals surface area contributed by atoms with Gasteiger partial charge in [-0.05, 0) is 30.7 Å². The standard InChI is InChI=1S/C15H16Cl2N2O/c1-2-8-18-15-5-3-4-12(19-15)10-20-14-9-11(16)6-7-13(14)17/h3-7,9H,2,8,10H2,1H3,(H,18,19). The van der Waals surface area contributed by atoms with E-state index in [0.717, 1.165) is 24.5 Å². The first kappa shape index (κ1) is 14.9. The third kappa shape index (κ3) is 4.29. The van der Waals surface area contributed by atoms with Crippen molar-refractivity contribution in [2.45, 2.75) is 20.0 Å². The Morgan fingerprint density at radius 1 is 1.20 bits per heavy atom. The first-order valence-electron chi connectivity index (χ1n) is 6.46. The number of nitrogens with zero attached hydrogens (tertiary/aromatic N) is 1. The molecular formula is C15H16Cl2N2O. The van der Waals surface area contributed by atoms with Crippen LogP contribution in [0.15, 0.2) is 36.4 Å². The summed E-state index contributed by atoms with van der Waals surface area (Å²) in [6.07, 6.45) is 1.06. The molecule has 0 spiro atoms. The third-order valence-corrected chi connectivity index (χ3v) is 3.18. The highest BCUT2D eigenvalue weighted by Gasteiger charge is 2.04. The van der Waals surface area contributed by atoms with Gasteiger partial charge in [-0.25, -0.2) is 4.98 Å². The smallest absolute Gasteiger partial charge is 0.139 e. The highest BCUT2D eigenvalue weighted by molar-refractivity contribution is 6.34. The maximum atomic E-state index is 6.05. The lowest BCUT2D eigenvalue weighted by molar-refractivity contribution is 0.301. The first-order valence-corrected chi connectivity index (χ1v) is 7.22. The maximum Gasteiger partial charge on any atom is 0.139 e. The molecule has 5 heteroatoms.